The van der Waals surface area contributed by atoms with Crippen molar-refractivity contribution >= 4 is 21.9 Å². The van der Waals surface area contributed by atoms with Crippen LogP contribution in [0.3, 0.4) is 0 Å². The molecule has 92 valence electrons. The van der Waals surface area contributed by atoms with Crippen molar-refractivity contribution in [3.05, 3.63) is 33.8 Å². The van der Waals surface area contributed by atoms with Crippen LogP contribution in [0.25, 0.3) is 0 Å². The van der Waals surface area contributed by atoms with Crippen molar-refractivity contribution in [2.24, 2.45) is 5.92 Å². The fourth-order valence-electron chi connectivity index (χ4n) is 2.84. The lowest BCUT2D eigenvalue weighted by Crippen LogP contribution is -2.35. The zero-order chi connectivity index (χ0) is 12.6. The summed E-state index contributed by atoms with van der Waals surface area (Å²) in [6.07, 6.45) is 2.22. The second kappa shape index (κ2) is 4.45. The van der Waals surface area contributed by atoms with Crippen LogP contribution in [0.15, 0.2) is 22.7 Å². The maximum absolute atomic E-state index is 10.9. The Morgan fingerprint density at radius 3 is 2.88 bits per heavy atom. The number of aryl methyl sites for hydroxylation is 1. The standard InChI is InChI=1S/C14H17BrO2/c1-14(2)10(7-13(16)17)5-3-9-4-6-11(15)8-12(9)14/h4,6,8,10H,3,5,7H2,1-2H3,(H,16,17). The summed E-state index contributed by atoms with van der Waals surface area (Å²) in [4.78, 5) is 10.9. The number of rotatable bonds is 2. The van der Waals surface area contributed by atoms with Crippen LogP contribution in [-0.4, -0.2) is 11.1 Å². The largest absolute Gasteiger partial charge is 0.481 e. The van der Waals surface area contributed by atoms with Crippen LogP contribution in [0.5, 0.6) is 0 Å². The van der Waals surface area contributed by atoms with Gasteiger partial charge in [-0.1, -0.05) is 35.8 Å². The van der Waals surface area contributed by atoms with Crippen LogP contribution < -0.4 is 0 Å². The van der Waals surface area contributed by atoms with Crippen molar-refractivity contribution in [2.75, 3.05) is 0 Å². The molecule has 0 aromatic heterocycles. The second-order valence-electron chi connectivity index (χ2n) is 5.36. The summed E-state index contributed by atoms with van der Waals surface area (Å²) in [6.45, 7) is 4.32. The van der Waals surface area contributed by atoms with Crippen LogP contribution in [0.2, 0.25) is 0 Å². The maximum atomic E-state index is 10.9. The normalized spacial score (nSPS) is 21.9. The van der Waals surface area contributed by atoms with Crippen LogP contribution in [0, 0.1) is 5.92 Å². The SMILES string of the molecule is CC1(C)c2cc(Br)ccc2CCC1CC(=O)O. The molecule has 1 unspecified atom stereocenters. The van der Waals surface area contributed by atoms with Crippen molar-refractivity contribution < 1.29 is 9.90 Å². The summed E-state index contributed by atoms with van der Waals surface area (Å²) < 4.78 is 1.07. The van der Waals surface area contributed by atoms with Crippen molar-refractivity contribution in [3.8, 4) is 0 Å². The fraction of sp³-hybridized carbons (Fsp3) is 0.500. The molecule has 1 aliphatic rings. The molecule has 0 amide bonds. The summed E-state index contributed by atoms with van der Waals surface area (Å²) in [5.41, 5.74) is 2.60. The van der Waals surface area contributed by atoms with Gasteiger partial charge in [0.2, 0.25) is 0 Å². The van der Waals surface area contributed by atoms with Gasteiger partial charge >= 0.3 is 5.97 Å². The van der Waals surface area contributed by atoms with E-state index in [2.05, 4.69) is 48.0 Å². The molecule has 0 aliphatic heterocycles. The van der Waals surface area contributed by atoms with Crippen LogP contribution in [0.4, 0.5) is 0 Å². The highest BCUT2D eigenvalue weighted by atomic mass is 79.9. The van der Waals surface area contributed by atoms with Gasteiger partial charge in [-0.25, -0.2) is 0 Å². The van der Waals surface area contributed by atoms with E-state index in [1.807, 2.05) is 0 Å². The van der Waals surface area contributed by atoms with Gasteiger partial charge in [0.25, 0.3) is 0 Å². The number of halogens is 1. The third-order valence-corrected chi connectivity index (χ3v) is 4.46. The van der Waals surface area contributed by atoms with Crippen molar-refractivity contribution in [1.29, 1.82) is 0 Å². The lowest BCUT2D eigenvalue weighted by molar-refractivity contribution is -0.138. The number of fused-ring (bicyclic) bond motifs is 1. The van der Waals surface area contributed by atoms with Gasteiger partial charge in [0.05, 0.1) is 0 Å². The van der Waals surface area contributed by atoms with Gasteiger partial charge in [-0.2, -0.15) is 0 Å². The minimum Gasteiger partial charge on any atom is -0.481 e. The van der Waals surface area contributed by atoms with Gasteiger partial charge in [-0.15, -0.1) is 0 Å². The molecule has 1 aromatic rings. The van der Waals surface area contributed by atoms with E-state index in [1.54, 1.807) is 0 Å². The molecular weight excluding hydrogens is 280 g/mol. The van der Waals surface area contributed by atoms with Crippen molar-refractivity contribution in [1.82, 2.24) is 0 Å². The van der Waals surface area contributed by atoms with Gasteiger partial charge in [0.1, 0.15) is 0 Å². The predicted molar refractivity (Wildman–Crippen MR) is 71.2 cm³/mol. The van der Waals surface area contributed by atoms with E-state index >= 15 is 0 Å². The Morgan fingerprint density at radius 1 is 1.53 bits per heavy atom. The smallest absolute Gasteiger partial charge is 0.303 e. The topological polar surface area (TPSA) is 37.3 Å². The highest BCUT2D eigenvalue weighted by Gasteiger charge is 2.37. The first-order chi connectivity index (χ1) is 7.91. The molecule has 1 aliphatic carbocycles. The Hall–Kier alpha value is -0.830. The molecule has 0 bridgehead atoms. The molecule has 1 aromatic carbocycles. The van der Waals surface area contributed by atoms with Gasteiger partial charge < -0.3 is 5.11 Å². The monoisotopic (exact) mass is 296 g/mol. The average molecular weight is 297 g/mol. The third kappa shape index (κ3) is 2.39. The molecule has 3 heteroatoms. The number of carbonyl (C=O) groups is 1. The van der Waals surface area contributed by atoms with Crippen LogP contribution in [0.1, 0.15) is 37.8 Å². The van der Waals surface area contributed by atoms with E-state index in [-0.39, 0.29) is 17.8 Å². The zero-order valence-corrected chi connectivity index (χ0v) is 11.8. The Balaban J connectivity index is 2.39. The summed E-state index contributed by atoms with van der Waals surface area (Å²) in [6, 6.07) is 6.36. The first-order valence-electron chi connectivity index (χ1n) is 5.92. The maximum Gasteiger partial charge on any atom is 0.303 e. The number of benzene rings is 1. The lowest BCUT2D eigenvalue weighted by atomic mass is 9.64. The van der Waals surface area contributed by atoms with E-state index in [0.717, 1.165) is 17.3 Å². The number of hydrogen-bond donors (Lipinski definition) is 1. The lowest BCUT2D eigenvalue weighted by Gasteiger charge is -2.40. The number of carboxylic acids is 1. The molecule has 0 heterocycles. The van der Waals surface area contributed by atoms with E-state index in [0.29, 0.717) is 0 Å². The van der Waals surface area contributed by atoms with Gasteiger partial charge in [-0.05, 0) is 47.4 Å². The molecule has 2 nitrogen and oxygen atoms in total. The number of hydrogen-bond acceptors (Lipinski definition) is 1. The molecule has 2 rings (SSSR count). The molecule has 0 saturated carbocycles. The summed E-state index contributed by atoms with van der Waals surface area (Å²) in [5, 5.41) is 8.99. The third-order valence-electron chi connectivity index (χ3n) is 3.97. The fourth-order valence-corrected chi connectivity index (χ4v) is 3.21. The number of aliphatic carboxylic acids is 1. The molecule has 17 heavy (non-hydrogen) atoms. The first-order valence-corrected chi connectivity index (χ1v) is 6.71. The zero-order valence-electron chi connectivity index (χ0n) is 10.2. The Morgan fingerprint density at radius 2 is 2.24 bits per heavy atom. The predicted octanol–water partition coefficient (Wildman–Crippen LogP) is 3.76. The average Bonchev–Trinajstić information content (AvgIpc) is 2.23. The Bertz CT molecular complexity index is 452. The quantitative estimate of drug-likeness (QED) is 0.902. The molecular formula is C14H17BrO2. The Kier molecular flexibility index (Phi) is 3.30. The molecule has 0 saturated heterocycles. The highest BCUT2D eigenvalue weighted by molar-refractivity contribution is 9.10. The molecule has 1 atom stereocenters. The Labute approximate surface area is 110 Å². The van der Waals surface area contributed by atoms with Gasteiger partial charge in [-0.3, -0.25) is 4.79 Å². The van der Waals surface area contributed by atoms with Crippen LogP contribution >= 0.6 is 15.9 Å². The molecule has 0 radical (unpaired) electrons. The van der Waals surface area contributed by atoms with Crippen molar-refractivity contribution in [3.63, 3.8) is 0 Å². The summed E-state index contributed by atoms with van der Waals surface area (Å²) >= 11 is 3.50. The second-order valence-corrected chi connectivity index (χ2v) is 6.27. The summed E-state index contributed by atoms with van der Waals surface area (Å²) in [7, 11) is 0. The number of carboxylic acid groups (broad SMARTS) is 1. The van der Waals surface area contributed by atoms with Gasteiger partial charge in [0, 0.05) is 10.9 Å². The van der Waals surface area contributed by atoms with E-state index in [9.17, 15) is 4.79 Å². The minimum absolute atomic E-state index is 0.0598. The van der Waals surface area contributed by atoms with E-state index in [1.165, 1.54) is 11.1 Å². The highest BCUT2D eigenvalue weighted by Crippen LogP contribution is 2.43. The van der Waals surface area contributed by atoms with Crippen LogP contribution in [-0.2, 0) is 16.6 Å². The first kappa shape index (κ1) is 12.6. The van der Waals surface area contributed by atoms with E-state index in [4.69, 9.17) is 5.11 Å². The summed E-state index contributed by atoms with van der Waals surface area (Å²) in [5.74, 6) is -0.469. The minimum atomic E-state index is -0.693. The molecule has 0 fully saturated rings. The van der Waals surface area contributed by atoms with Crippen molar-refractivity contribution in [2.45, 2.75) is 38.5 Å². The molecule has 0 spiro atoms. The van der Waals surface area contributed by atoms with Gasteiger partial charge in [0.15, 0.2) is 0 Å². The molecule has 1 N–H and O–H groups in total. The van der Waals surface area contributed by atoms with E-state index < -0.39 is 5.97 Å².